The molecule has 0 saturated heterocycles. The molecule has 0 N–H and O–H groups in total. The number of hydrogen-bond donors (Lipinski definition) is 0. The molecule has 2 heterocycles. The summed E-state index contributed by atoms with van der Waals surface area (Å²) in [5.41, 5.74) is 1.28. The molecule has 122 valence electrons. The number of fused-ring (bicyclic) bond motifs is 1. The SMILES string of the molecule is CC[C@@H]1c2ccsc2CCN1C(=O)COc1ccc(Cl)cc1Cl. The molecule has 1 atom stereocenters. The van der Waals surface area contributed by atoms with Gasteiger partial charge in [-0.2, -0.15) is 0 Å². The molecule has 0 bridgehead atoms. The average Bonchev–Trinajstić information content (AvgIpc) is 3.01. The van der Waals surface area contributed by atoms with Crippen LogP contribution in [-0.4, -0.2) is 24.0 Å². The van der Waals surface area contributed by atoms with Crippen LogP contribution in [-0.2, 0) is 11.2 Å². The molecule has 0 fully saturated rings. The molecule has 0 aliphatic carbocycles. The summed E-state index contributed by atoms with van der Waals surface area (Å²) in [6.45, 7) is 2.83. The van der Waals surface area contributed by atoms with Crippen molar-refractivity contribution in [1.82, 2.24) is 4.90 Å². The molecule has 0 radical (unpaired) electrons. The van der Waals surface area contributed by atoms with Gasteiger partial charge >= 0.3 is 0 Å². The van der Waals surface area contributed by atoms with E-state index in [0.29, 0.717) is 15.8 Å². The van der Waals surface area contributed by atoms with E-state index in [1.54, 1.807) is 29.5 Å². The van der Waals surface area contributed by atoms with E-state index in [1.165, 1.54) is 10.4 Å². The molecule has 0 spiro atoms. The number of carbonyl (C=O) groups is 1. The van der Waals surface area contributed by atoms with Gasteiger partial charge in [-0.25, -0.2) is 0 Å². The Morgan fingerprint density at radius 2 is 2.22 bits per heavy atom. The highest BCUT2D eigenvalue weighted by molar-refractivity contribution is 7.10. The Labute approximate surface area is 149 Å². The highest BCUT2D eigenvalue weighted by Gasteiger charge is 2.30. The molecule has 1 aliphatic heterocycles. The van der Waals surface area contributed by atoms with Crippen LogP contribution in [0, 0.1) is 0 Å². The maximum Gasteiger partial charge on any atom is 0.261 e. The van der Waals surface area contributed by atoms with E-state index in [9.17, 15) is 4.79 Å². The summed E-state index contributed by atoms with van der Waals surface area (Å²) < 4.78 is 5.59. The summed E-state index contributed by atoms with van der Waals surface area (Å²) in [5.74, 6) is 0.463. The highest BCUT2D eigenvalue weighted by Crippen LogP contribution is 2.35. The smallest absolute Gasteiger partial charge is 0.261 e. The second kappa shape index (κ2) is 7.12. The number of amides is 1. The topological polar surface area (TPSA) is 29.5 Å². The Hall–Kier alpha value is -1.23. The van der Waals surface area contributed by atoms with Crippen molar-refractivity contribution in [3.05, 3.63) is 50.1 Å². The molecule has 1 aliphatic rings. The Kier molecular flexibility index (Phi) is 5.14. The first kappa shape index (κ1) is 16.6. The summed E-state index contributed by atoms with van der Waals surface area (Å²) in [7, 11) is 0. The van der Waals surface area contributed by atoms with Crippen molar-refractivity contribution in [3.63, 3.8) is 0 Å². The van der Waals surface area contributed by atoms with Crippen molar-refractivity contribution in [1.29, 1.82) is 0 Å². The van der Waals surface area contributed by atoms with E-state index in [0.717, 1.165) is 19.4 Å². The zero-order valence-electron chi connectivity index (χ0n) is 12.7. The van der Waals surface area contributed by atoms with Gasteiger partial charge in [-0.05, 0) is 48.1 Å². The van der Waals surface area contributed by atoms with Gasteiger partial charge in [-0.1, -0.05) is 30.1 Å². The minimum atomic E-state index is -0.0165. The lowest BCUT2D eigenvalue weighted by atomic mass is 9.98. The number of nitrogens with zero attached hydrogens (tertiary/aromatic N) is 1. The third-order valence-corrected chi connectivity index (χ3v) is 5.57. The molecule has 1 amide bonds. The van der Waals surface area contributed by atoms with Gasteiger partial charge in [0.05, 0.1) is 11.1 Å². The number of hydrogen-bond acceptors (Lipinski definition) is 3. The lowest BCUT2D eigenvalue weighted by Crippen LogP contribution is -2.41. The van der Waals surface area contributed by atoms with Crippen molar-refractivity contribution in [2.75, 3.05) is 13.2 Å². The quantitative estimate of drug-likeness (QED) is 0.761. The third kappa shape index (κ3) is 3.49. The van der Waals surface area contributed by atoms with Gasteiger partial charge in [-0.3, -0.25) is 4.79 Å². The van der Waals surface area contributed by atoms with Gasteiger partial charge in [-0.15, -0.1) is 11.3 Å². The molecule has 2 aromatic rings. The predicted octanol–water partition coefficient (Wildman–Crippen LogP) is 4.97. The monoisotopic (exact) mass is 369 g/mol. The molecule has 3 rings (SSSR count). The van der Waals surface area contributed by atoms with Crippen LogP contribution in [0.4, 0.5) is 0 Å². The van der Waals surface area contributed by atoms with Gasteiger partial charge in [0, 0.05) is 16.4 Å². The van der Waals surface area contributed by atoms with Crippen LogP contribution in [0.1, 0.15) is 29.8 Å². The summed E-state index contributed by atoms with van der Waals surface area (Å²) in [5, 5.41) is 3.06. The minimum Gasteiger partial charge on any atom is -0.482 e. The first-order valence-corrected chi connectivity index (χ1v) is 9.17. The largest absolute Gasteiger partial charge is 0.482 e. The summed E-state index contributed by atoms with van der Waals surface area (Å²) >= 11 is 13.7. The first-order chi connectivity index (χ1) is 11.1. The van der Waals surface area contributed by atoms with Crippen LogP contribution >= 0.6 is 34.5 Å². The Morgan fingerprint density at radius 3 is 2.96 bits per heavy atom. The number of halogens is 2. The van der Waals surface area contributed by atoms with E-state index < -0.39 is 0 Å². The fourth-order valence-corrected chi connectivity index (χ4v) is 4.34. The summed E-state index contributed by atoms with van der Waals surface area (Å²) in [4.78, 5) is 15.9. The van der Waals surface area contributed by atoms with Gasteiger partial charge in [0.15, 0.2) is 6.61 Å². The van der Waals surface area contributed by atoms with Crippen molar-refractivity contribution in [3.8, 4) is 5.75 Å². The van der Waals surface area contributed by atoms with E-state index in [2.05, 4.69) is 18.4 Å². The second-order valence-corrected chi connectivity index (χ2v) is 7.27. The van der Waals surface area contributed by atoms with Crippen LogP contribution in [0.3, 0.4) is 0 Å². The third-order valence-electron chi connectivity index (χ3n) is 4.05. The van der Waals surface area contributed by atoms with Crippen LogP contribution in [0.2, 0.25) is 10.0 Å². The van der Waals surface area contributed by atoms with Crippen molar-refractivity contribution >= 4 is 40.4 Å². The van der Waals surface area contributed by atoms with Crippen LogP contribution in [0.25, 0.3) is 0 Å². The summed E-state index contributed by atoms with van der Waals surface area (Å²) in [6.07, 6.45) is 1.81. The molecule has 1 aromatic carbocycles. The van der Waals surface area contributed by atoms with E-state index in [1.807, 2.05) is 4.90 Å². The molecular weight excluding hydrogens is 353 g/mol. The predicted molar refractivity (Wildman–Crippen MR) is 94.7 cm³/mol. The van der Waals surface area contributed by atoms with Gasteiger partial charge in [0.1, 0.15) is 5.75 Å². The van der Waals surface area contributed by atoms with E-state index in [4.69, 9.17) is 27.9 Å². The maximum absolute atomic E-state index is 12.6. The number of carbonyl (C=O) groups excluding carboxylic acids is 1. The van der Waals surface area contributed by atoms with Gasteiger partial charge < -0.3 is 9.64 Å². The van der Waals surface area contributed by atoms with Crippen LogP contribution in [0.15, 0.2) is 29.6 Å². The van der Waals surface area contributed by atoms with Gasteiger partial charge in [0.25, 0.3) is 5.91 Å². The maximum atomic E-state index is 12.6. The molecule has 3 nitrogen and oxygen atoms in total. The van der Waals surface area contributed by atoms with Crippen molar-refractivity contribution in [2.24, 2.45) is 0 Å². The fourth-order valence-electron chi connectivity index (χ4n) is 2.95. The molecule has 6 heteroatoms. The minimum absolute atomic E-state index is 0.0142. The number of benzene rings is 1. The Bertz CT molecular complexity index is 716. The Morgan fingerprint density at radius 1 is 1.39 bits per heavy atom. The highest BCUT2D eigenvalue weighted by atomic mass is 35.5. The number of thiophene rings is 1. The zero-order chi connectivity index (χ0) is 16.4. The molecular formula is C17H17Cl2NO2S. The lowest BCUT2D eigenvalue weighted by molar-refractivity contribution is -0.136. The lowest BCUT2D eigenvalue weighted by Gasteiger charge is -2.35. The van der Waals surface area contributed by atoms with Crippen LogP contribution < -0.4 is 4.74 Å². The van der Waals surface area contributed by atoms with Crippen molar-refractivity contribution in [2.45, 2.75) is 25.8 Å². The molecule has 0 unspecified atom stereocenters. The van der Waals surface area contributed by atoms with Crippen LogP contribution in [0.5, 0.6) is 5.75 Å². The normalized spacial score (nSPS) is 17.0. The van der Waals surface area contributed by atoms with E-state index in [-0.39, 0.29) is 18.6 Å². The van der Waals surface area contributed by atoms with Crippen molar-refractivity contribution < 1.29 is 9.53 Å². The molecule has 1 aromatic heterocycles. The first-order valence-electron chi connectivity index (χ1n) is 7.53. The fraction of sp³-hybridized carbons (Fsp3) is 0.353. The standard InChI is InChI=1S/C17H17Cl2NO2S/c1-2-14-12-6-8-23-16(12)5-7-20(14)17(21)10-22-15-4-3-11(18)9-13(15)19/h3-4,6,8-9,14H,2,5,7,10H2,1H3/t14-/m1/s1. The second-order valence-electron chi connectivity index (χ2n) is 5.42. The summed E-state index contributed by atoms with van der Waals surface area (Å²) in [6, 6.07) is 7.26. The zero-order valence-corrected chi connectivity index (χ0v) is 15.0. The molecule has 0 saturated carbocycles. The molecule has 23 heavy (non-hydrogen) atoms. The van der Waals surface area contributed by atoms with E-state index >= 15 is 0 Å². The Balaban J connectivity index is 1.68. The number of ether oxygens (including phenoxy) is 1. The van der Waals surface area contributed by atoms with Gasteiger partial charge in [0.2, 0.25) is 0 Å². The number of rotatable bonds is 4. The average molecular weight is 370 g/mol.